The van der Waals surface area contributed by atoms with E-state index in [1.54, 1.807) is 18.6 Å². The molecule has 2 rings (SSSR count). The first-order chi connectivity index (χ1) is 4.97. The van der Waals surface area contributed by atoms with E-state index < -0.39 is 0 Å². The van der Waals surface area contributed by atoms with Gasteiger partial charge in [0.1, 0.15) is 0 Å². The molecule has 2 heterocycles. The fourth-order valence-corrected chi connectivity index (χ4v) is 0.781. The van der Waals surface area contributed by atoms with Crippen molar-refractivity contribution in [1.82, 2.24) is 15.0 Å². The molecule has 0 unspecified atom stereocenters. The smallest absolute Gasteiger partial charge is 0.198 e. The van der Waals surface area contributed by atoms with Crippen molar-refractivity contribution >= 4 is 10.9 Å². The molecule has 0 saturated heterocycles. The van der Waals surface area contributed by atoms with Gasteiger partial charge < -0.3 is 0 Å². The van der Waals surface area contributed by atoms with Gasteiger partial charge in [-0.1, -0.05) is 0 Å². The quantitative estimate of drug-likeness (QED) is 0.530. The van der Waals surface area contributed by atoms with E-state index in [-0.39, 0.29) is 0 Å². The SMILES string of the molecule is [c]1ncc2ccncc2n1. The van der Waals surface area contributed by atoms with Crippen LogP contribution in [0.5, 0.6) is 0 Å². The highest BCUT2D eigenvalue weighted by Gasteiger charge is 1.89. The van der Waals surface area contributed by atoms with Crippen LogP contribution in [0, 0.1) is 6.33 Å². The maximum absolute atomic E-state index is 3.90. The fourth-order valence-electron chi connectivity index (χ4n) is 0.781. The summed E-state index contributed by atoms with van der Waals surface area (Å²) in [6.45, 7) is 0. The van der Waals surface area contributed by atoms with Gasteiger partial charge in [0.05, 0.1) is 11.7 Å². The molecule has 3 nitrogen and oxygen atoms in total. The lowest BCUT2D eigenvalue weighted by molar-refractivity contribution is 1.19. The number of rotatable bonds is 0. The molecule has 0 N–H and O–H groups in total. The predicted molar refractivity (Wildman–Crippen MR) is 36.2 cm³/mol. The third-order valence-corrected chi connectivity index (χ3v) is 1.26. The van der Waals surface area contributed by atoms with E-state index in [1.165, 1.54) is 0 Å². The summed E-state index contributed by atoms with van der Waals surface area (Å²) in [6, 6.07) is 1.86. The van der Waals surface area contributed by atoms with Gasteiger partial charge in [0, 0.05) is 17.8 Å². The van der Waals surface area contributed by atoms with E-state index in [2.05, 4.69) is 21.3 Å². The van der Waals surface area contributed by atoms with Gasteiger partial charge in [-0.3, -0.25) is 4.98 Å². The van der Waals surface area contributed by atoms with Crippen LogP contribution in [0.25, 0.3) is 10.9 Å². The molecule has 3 heteroatoms. The zero-order chi connectivity index (χ0) is 6.81. The monoisotopic (exact) mass is 130 g/mol. The normalized spacial score (nSPS) is 10.0. The highest BCUT2D eigenvalue weighted by atomic mass is 14.8. The summed E-state index contributed by atoms with van der Waals surface area (Å²) in [7, 11) is 0. The van der Waals surface area contributed by atoms with Crippen molar-refractivity contribution in [2.75, 3.05) is 0 Å². The molecule has 0 amide bonds. The molecular formula is C7H4N3. The van der Waals surface area contributed by atoms with E-state index in [4.69, 9.17) is 0 Å². The molecule has 2 aromatic heterocycles. The lowest BCUT2D eigenvalue weighted by atomic mass is 10.3. The van der Waals surface area contributed by atoms with E-state index in [0.29, 0.717) is 0 Å². The van der Waals surface area contributed by atoms with Crippen molar-refractivity contribution < 1.29 is 0 Å². The number of hydrogen-bond donors (Lipinski definition) is 0. The summed E-state index contributed by atoms with van der Waals surface area (Å²) in [4.78, 5) is 11.5. The zero-order valence-electron chi connectivity index (χ0n) is 5.15. The predicted octanol–water partition coefficient (Wildman–Crippen LogP) is 0.825. The van der Waals surface area contributed by atoms with Crippen molar-refractivity contribution in [3.63, 3.8) is 0 Å². The van der Waals surface area contributed by atoms with Crippen molar-refractivity contribution in [2.24, 2.45) is 0 Å². The van der Waals surface area contributed by atoms with Crippen molar-refractivity contribution in [1.29, 1.82) is 0 Å². The summed E-state index contributed by atoms with van der Waals surface area (Å²) in [5.74, 6) is 0. The molecule has 0 saturated carbocycles. The maximum atomic E-state index is 3.90. The van der Waals surface area contributed by atoms with Gasteiger partial charge in [-0.25, -0.2) is 9.97 Å². The molecule has 0 bridgehead atoms. The topological polar surface area (TPSA) is 38.7 Å². The van der Waals surface area contributed by atoms with Gasteiger partial charge in [-0.15, -0.1) is 0 Å². The number of aromatic nitrogens is 3. The first-order valence-electron chi connectivity index (χ1n) is 2.89. The summed E-state index contributed by atoms with van der Waals surface area (Å²) in [5.41, 5.74) is 0.831. The van der Waals surface area contributed by atoms with Crippen LogP contribution in [0.2, 0.25) is 0 Å². The first-order valence-corrected chi connectivity index (χ1v) is 2.89. The Morgan fingerprint density at radius 1 is 1.30 bits per heavy atom. The maximum Gasteiger partial charge on any atom is 0.198 e. The molecule has 1 radical (unpaired) electrons. The molecule has 10 heavy (non-hydrogen) atoms. The van der Waals surface area contributed by atoms with Crippen LogP contribution in [-0.2, 0) is 0 Å². The van der Waals surface area contributed by atoms with Crippen LogP contribution in [0.15, 0.2) is 24.7 Å². The lowest BCUT2D eigenvalue weighted by Crippen LogP contribution is -1.80. The molecular weight excluding hydrogens is 126 g/mol. The van der Waals surface area contributed by atoms with Crippen molar-refractivity contribution in [3.05, 3.63) is 31.0 Å². The minimum atomic E-state index is 0.831. The minimum Gasteiger partial charge on any atom is -0.262 e. The van der Waals surface area contributed by atoms with Gasteiger partial charge in [-0.05, 0) is 6.07 Å². The van der Waals surface area contributed by atoms with Gasteiger partial charge in [0.25, 0.3) is 0 Å². The number of nitrogens with zero attached hydrogens (tertiary/aromatic N) is 3. The van der Waals surface area contributed by atoms with E-state index in [9.17, 15) is 0 Å². The van der Waals surface area contributed by atoms with Crippen LogP contribution in [0.1, 0.15) is 0 Å². The number of pyridine rings is 1. The Kier molecular flexibility index (Phi) is 1.07. The number of hydrogen-bond acceptors (Lipinski definition) is 3. The highest BCUT2D eigenvalue weighted by Crippen LogP contribution is 2.03. The molecule has 0 aliphatic heterocycles. The van der Waals surface area contributed by atoms with Crippen molar-refractivity contribution in [3.8, 4) is 0 Å². The molecule has 0 atom stereocenters. The molecule has 0 aromatic carbocycles. The summed E-state index contributed by atoms with van der Waals surface area (Å²) in [6.07, 6.45) is 7.61. The Hall–Kier alpha value is -1.51. The molecule has 2 aromatic rings. The van der Waals surface area contributed by atoms with E-state index in [0.717, 1.165) is 10.9 Å². The van der Waals surface area contributed by atoms with Gasteiger partial charge >= 0.3 is 0 Å². The standard InChI is InChI=1S/C7H4N3/c1-2-8-4-7-6(1)3-9-5-10-7/h1-4H. The Balaban J connectivity index is 2.89. The third-order valence-electron chi connectivity index (χ3n) is 1.26. The van der Waals surface area contributed by atoms with Gasteiger partial charge in [0.2, 0.25) is 0 Å². The summed E-state index contributed by atoms with van der Waals surface area (Å²) >= 11 is 0. The Morgan fingerprint density at radius 2 is 2.30 bits per heavy atom. The molecule has 0 fully saturated rings. The summed E-state index contributed by atoms with van der Waals surface area (Å²) in [5, 5.41) is 0.994. The van der Waals surface area contributed by atoms with E-state index in [1.807, 2.05) is 6.07 Å². The van der Waals surface area contributed by atoms with Crippen LogP contribution in [0.3, 0.4) is 0 Å². The van der Waals surface area contributed by atoms with Gasteiger partial charge in [0.15, 0.2) is 6.33 Å². The zero-order valence-corrected chi connectivity index (χ0v) is 5.15. The Labute approximate surface area is 57.8 Å². The molecule has 0 spiro atoms. The second-order valence-corrected chi connectivity index (χ2v) is 1.90. The highest BCUT2D eigenvalue weighted by molar-refractivity contribution is 5.75. The largest absolute Gasteiger partial charge is 0.262 e. The first kappa shape index (κ1) is 5.29. The van der Waals surface area contributed by atoms with Crippen molar-refractivity contribution in [2.45, 2.75) is 0 Å². The average Bonchev–Trinajstić information content (AvgIpc) is 2.05. The third kappa shape index (κ3) is 0.719. The molecule has 47 valence electrons. The van der Waals surface area contributed by atoms with Crippen LogP contribution >= 0.6 is 0 Å². The molecule has 0 aliphatic rings. The summed E-state index contributed by atoms with van der Waals surface area (Å²) < 4.78 is 0. The Morgan fingerprint density at radius 3 is 3.20 bits per heavy atom. The average molecular weight is 130 g/mol. The second-order valence-electron chi connectivity index (χ2n) is 1.90. The van der Waals surface area contributed by atoms with Crippen LogP contribution in [0.4, 0.5) is 0 Å². The second kappa shape index (κ2) is 2.02. The number of fused-ring (bicyclic) bond motifs is 1. The molecule has 0 aliphatic carbocycles. The minimum absolute atomic E-state index is 0.831. The fraction of sp³-hybridized carbons (Fsp3) is 0. The van der Waals surface area contributed by atoms with Crippen LogP contribution in [-0.4, -0.2) is 15.0 Å². The van der Waals surface area contributed by atoms with Gasteiger partial charge in [-0.2, -0.15) is 0 Å². The lowest BCUT2D eigenvalue weighted by Gasteiger charge is -1.89. The van der Waals surface area contributed by atoms with E-state index >= 15 is 0 Å². The Bertz CT molecular complexity index is 280. The van der Waals surface area contributed by atoms with Crippen LogP contribution < -0.4 is 0 Å².